The van der Waals surface area contributed by atoms with E-state index in [9.17, 15) is 9.59 Å². The van der Waals surface area contributed by atoms with Crippen molar-refractivity contribution in [3.05, 3.63) is 41.7 Å². The van der Waals surface area contributed by atoms with Gasteiger partial charge < -0.3 is 34.5 Å². The monoisotopic (exact) mass is 622 g/mol. The highest BCUT2D eigenvalue weighted by molar-refractivity contribution is 6.76. The van der Waals surface area contributed by atoms with E-state index in [1.54, 1.807) is 13.3 Å². The van der Waals surface area contributed by atoms with Crippen LogP contribution in [0.15, 0.2) is 30.5 Å². The molecule has 3 N–H and O–H groups in total. The number of benzene rings is 1. The molecular formula is C33H46N4O6Si. The van der Waals surface area contributed by atoms with Gasteiger partial charge in [0.05, 0.1) is 24.8 Å². The topological polar surface area (TPSA) is 124 Å². The van der Waals surface area contributed by atoms with Crippen LogP contribution >= 0.6 is 0 Å². The summed E-state index contributed by atoms with van der Waals surface area (Å²) in [4.78, 5) is 29.7. The number of aromatic nitrogens is 2. The van der Waals surface area contributed by atoms with Gasteiger partial charge in [-0.1, -0.05) is 19.6 Å². The van der Waals surface area contributed by atoms with Gasteiger partial charge in [-0.05, 0) is 81.7 Å². The molecule has 2 aromatic heterocycles. The van der Waals surface area contributed by atoms with E-state index in [4.69, 9.17) is 24.3 Å². The van der Waals surface area contributed by atoms with E-state index in [0.717, 1.165) is 39.9 Å². The zero-order valence-electron chi connectivity index (χ0n) is 26.6. The fourth-order valence-corrected chi connectivity index (χ4v) is 6.60. The smallest absolute Gasteiger partial charge is 0.404 e. The average Bonchev–Trinajstić information content (AvgIpc) is 3.76. The molecule has 1 aromatic carbocycles. The molecular weight excluding hydrogens is 576 g/mol. The van der Waals surface area contributed by atoms with Gasteiger partial charge in [0.25, 0.3) is 5.91 Å². The highest BCUT2D eigenvalue weighted by atomic mass is 28.3. The van der Waals surface area contributed by atoms with Crippen molar-refractivity contribution in [2.24, 2.45) is 5.92 Å². The van der Waals surface area contributed by atoms with E-state index in [1.807, 2.05) is 31.2 Å². The predicted octanol–water partition coefficient (Wildman–Crippen LogP) is 6.43. The minimum Gasteiger partial charge on any atom is -0.497 e. The maximum Gasteiger partial charge on any atom is 0.404 e. The first kappa shape index (κ1) is 31.8. The van der Waals surface area contributed by atoms with Crippen LogP contribution < -0.4 is 20.1 Å². The number of fused-ring (bicyclic) bond motifs is 1. The second kappa shape index (κ2) is 13.6. The fourth-order valence-electron chi connectivity index (χ4n) is 5.85. The molecule has 2 aliphatic carbocycles. The number of nitrogens with zero attached hydrogens (tertiary/aromatic N) is 2. The lowest BCUT2D eigenvalue weighted by Crippen LogP contribution is -2.43. The molecule has 2 saturated carbocycles. The van der Waals surface area contributed by atoms with Crippen molar-refractivity contribution in [1.82, 2.24) is 20.2 Å². The van der Waals surface area contributed by atoms with Crippen molar-refractivity contribution in [3.63, 3.8) is 0 Å². The number of rotatable bonds is 13. The third-order valence-corrected chi connectivity index (χ3v) is 10.4. The normalized spacial score (nSPS) is 18.7. The number of ether oxygens (including phenoxy) is 3. The summed E-state index contributed by atoms with van der Waals surface area (Å²) in [5.41, 5.74) is 4.54. The van der Waals surface area contributed by atoms with Crippen LogP contribution in [0.25, 0.3) is 22.2 Å². The molecule has 10 nitrogen and oxygen atoms in total. The van der Waals surface area contributed by atoms with Gasteiger partial charge in [0, 0.05) is 49.8 Å². The molecule has 238 valence electrons. The number of carbonyl (C=O) groups is 2. The van der Waals surface area contributed by atoms with Gasteiger partial charge in [0.15, 0.2) is 0 Å². The van der Waals surface area contributed by atoms with E-state index < -0.39 is 14.2 Å². The summed E-state index contributed by atoms with van der Waals surface area (Å²) < 4.78 is 20.2. The van der Waals surface area contributed by atoms with Crippen LogP contribution in [0.5, 0.6) is 11.5 Å². The summed E-state index contributed by atoms with van der Waals surface area (Å²) in [6, 6.07) is 8.74. The van der Waals surface area contributed by atoms with Gasteiger partial charge in [-0.25, -0.2) is 4.79 Å². The summed E-state index contributed by atoms with van der Waals surface area (Å²) in [6.07, 6.45) is 5.91. The molecule has 0 spiro atoms. The summed E-state index contributed by atoms with van der Waals surface area (Å²) in [7, 11) is 0.364. The Morgan fingerprint density at radius 1 is 1.02 bits per heavy atom. The lowest BCUT2D eigenvalue weighted by Gasteiger charge is -2.28. The minimum absolute atomic E-state index is 0.0378. The van der Waals surface area contributed by atoms with E-state index in [1.165, 1.54) is 12.8 Å². The van der Waals surface area contributed by atoms with Crippen molar-refractivity contribution in [2.45, 2.75) is 89.9 Å². The van der Waals surface area contributed by atoms with Crippen LogP contribution in [0.1, 0.15) is 54.6 Å². The minimum atomic E-state index is -1.29. The van der Waals surface area contributed by atoms with Crippen molar-refractivity contribution < 1.29 is 28.9 Å². The van der Waals surface area contributed by atoms with E-state index in [2.05, 4.69) is 34.8 Å². The molecule has 0 saturated heterocycles. The first-order valence-corrected chi connectivity index (χ1v) is 19.4. The van der Waals surface area contributed by atoms with Crippen LogP contribution in [0, 0.1) is 12.8 Å². The number of carboxylic acid groups (broad SMARTS) is 1. The van der Waals surface area contributed by atoms with E-state index in [0.29, 0.717) is 62.6 Å². The van der Waals surface area contributed by atoms with Crippen molar-refractivity contribution >= 4 is 31.1 Å². The zero-order valence-corrected chi connectivity index (χ0v) is 27.6. The molecule has 5 rings (SSSR count). The highest BCUT2D eigenvalue weighted by Crippen LogP contribution is 2.40. The van der Waals surface area contributed by atoms with Gasteiger partial charge in [-0.3, -0.25) is 9.78 Å². The molecule has 3 aromatic rings. The number of pyridine rings is 1. The fraction of sp³-hybridized carbons (Fsp3) is 0.545. The van der Waals surface area contributed by atoms with Crippen molar-refractivity contribution in [1.29, 1.82) is 0 Å². The second-order valence-corrected chi connectivity index (χ2v) is 19.0. The Hall–Kier alpha value is -3.57. The Morgan fingerprint density at radius 2 is 1.73 bits per heavy atom. The number of hydrogen-bond acceptors (Lipinski definition) is 6. The lowest BCUT2D eigenvalue weighted by atomic mass is 9.91. The molecule has 44 heavy (non-hydrogen) atoms. The Balaban J connectivity index is 1.51. The third-order valence-electron chi connectivity index (χ3n) is 8.68. The number of carbonyl (C=O) groups excluding carboxylic acids is 1. The van der Waals surface area contributed by atoms with Crippen LogP contribution in [-0.2, 0) is 11.5 Å². The van der Waals surface area contributed by atoms with Crippen molar-refractivity contribution in [2.75, 3.05) is 20.3 Å². The van der Waals surface area contributed by atoms with Crippen LogP contribution in [0.3, 0.4) is 0 Å². The maximum atomic E-state index is 13.9. The summed E-state index contributed by atoms with van der Waals surface area (Å²) >= 11 is 0. The van der Waals surface area contributed by atoms with Gasteiger partial charge in [-0.2, -0.15) is 0 Å². The standard InChI is InChI=1S/C33H46N4O6Si/c1-21-29(32(38)35-23-8-10-24(11-9-23)36-33(39)40)30-31(37(21)20-42-16-17-44(3,4)5)26(14-15-34-30)27-18-25(41-2)12-13-28(27)43-19-22-6-7-22/h12-15,18,22-24,36H,6-11,16-17,19-20H2,1-5H3,(H,35,38)(H,39,40)/t23-,24-. The first-order valence-electron chi connectivity index (χ1n) is 15.7. The molecule has 0 atom stereocenters. The van der Waals surface area contributed by atoms with Crippen LogP contribution in [-0.4, -0.2) is 67.1 Å². The molecule has 2 fully saturated rings. The zero-order chi connectivity index (χ0) is 31.4. The van der Waals surface area contributed by atoms with Crippen molar-refractivity contribution in [3.8, 4) is 22.6 Å². The Bertz CT molecular complexity index is 1490. The molecule has 2 amide bonds. The molecule has 0 aliphatic heterocycles. The SMILES string of the molecule is COc1ccc(OCC2CC2)c(-c2ccnc3c(C(=O)N[C@H]4CC[C@H](NC(=O)O)CC4)c(C)n(COCC[Si](C)(C)C)c23)c1. The number of methoxy groups -OCH3 is 1. The first-order chi connectivity index (χ1) is 21.0. The molecule has 2 aliphatic rings. The Morgan fingerprint density at radius 3 is 2.36 bits per heavy atom. The quantitative estimate of drug-likeness (QED) is 0.148. The largest absolute Gasteiger partial charge is 0.497 e. The van der Waals surface area contributed by atoms with Gasteiger partial charge in [0.2, 0.25) is 0 Å². The number of hydrogen-bond donors (Lipinski definition) is 3. The Labute approximate surface area is 260 Å². The molecule has 0 bridgehead atoms. The average molecular weight is 623 g/mol. The number of amides is 2. The second-order valence-electron chi connectivity index (χ2n) is 13.4. The van der Waals surface area contributed by atoms with Crippen LogP contribution in [0.4, 0.5) is 4.79 Å². The lowest BCUT2D eigenvalue weighted by molar-refractivity contribution is 0.0878. The predicted molar refractivity (Wildman–Crippen MR) is 173 cm³/mol. The highest BCUT2D eigenvalue weighted by Gasteiger charge is 2.29. The third kappa shape index (κ3) is 7.73. The molecule has 2 heterocycles. The molecule has 11 heteroatoms. The number of nitrogens with one attached hydrogen (secondary N) is 2. The van der Waals surface area contributed by atoms with E-state index in [-0.39, 0.29) is 18.0 Å². The Kier molecular flexibility index (Phi) is 9.84. The van der Waals surface area contributed by atoms with Gasteiger partial charge >= 0.3 is 6.09 Å². The summed E-state index contributed by atoms with van der Waals surface area (Å²) in [5.74, 6) is 1.91. The molecule has 0 unspecified atom stereocenters. The summed E-state index contributed by atoms with van der Waals surface area (Å²) in [5, 5.41) is 14.9. The van der Waals surface area contributed by atoms with Gasteiger partial charge in [0.1, 0.15) is 23.7 Å². The summed E-state index contributed by atoms with van der Waals surface area (Å²) in [6.45, 7) is 10.6. The van der Waals surface area contributed by atoms with Gasteiger partial charge in [-0.15, -0.1) is 0 Å². The molecule has 0 radical (unpaired) electrons. The maximum absolute atomic E-state index is 13.9. The van der Waals surface area contributed by atoms with E-state index >= 15 is 0 Å². The van der Waals surface area contributed by atoms with Crippen LogP contribution in [0.2, 0.25) is 25.7 Å².